The first-order chi connectivity index (χ1) is 17.6. The van der Waals surface area contributed by atoms with Crippen LogP contribution in [0.1, 0.15) is 120 Å². The predicted octanol–water partition coefficient (Wildman–Crippen LogP) is 7.36. The first-order valence-electron chi connectivity index (χ1n) is 15.5. The van der Waals surface area contributed by atoms with Crippen molar-refractivity contribution in [2.45, 2.75) is 120 Å². The van der Waals surface area contributed by atoms with Crippen molar-refractivity contribution in [2.75, 3.05) is 6.79 Å². The van der Waals surface area contributed by atoms with E-state index in [-0.39, 0.29) is 34.4 Å². The minimum Gasteiger partial charge on any atom is -0.428 e. The molecule has 0 aromatic carbocycles. The summed E-state index contributed by atoms with van der Waals surface area (Å²) < 4.78 is 10.7. The van der Waals surface area contributed by atoms with Gasteiger partial charge in [0.25, 0.3) is 0 Å². The average Bonchev–Trinajstić information content (AvgIpc) is 3.23. The van der Waals surface area contributed by atoms with Gasteiger partial charge in [-0.1, -0.05) is 48.5 Å². The molecule has 3 unspecified atom stereocenters. The number of Topliss-reactive ketones (excluding diaryl/α,β-unsaturated/α-hetero) is 1. The number of carbonyl (C=O) groups excluding carboxylic acids is 3. The third kappa shape index (κ3) is 3.64. The summed E-state index contributed by atoms with van der Waals surface area (Å²) in [5.41, 5.74) is -0.119. The Labute approximate surface area is 230 Å². The maximum Gasteiger partial charge on any atom is 0.315 e. The predicted molar refractivity (Wildman–Crippen MR) is 147 cm³/mol. The van der Waals surface area contributed by atoms with Crippen LogP contribution < -0.4 is 0 Å². The molecular formula is C33H52O5. The second-order valence-corrected chi connectivity index (χ2v) is 15.6. The van der Waals surface area contributed by atoms with Gasteiger partial charge in [-0.15, -0.1) is 0 Å². The van der Waals surface area contributed by atoms with Crippen LogP contribution in [0.3, 0.4) is 0 Å². The second-order valence-electron chi connectivity index (χ2n) is 15.6. The molecule has 0 aromatic rings. The lowest BCUT2D eigenvalue weighted by Crippen LogP contribution is -2.66. The third-order valence-electron chi connectivity index (χ3n) is 13.9. The normalized spacial score (nSPS) is 47.4. The molecule has 0 radical (unpaired) electrons. The van der Waals surface area contributed by atoms with Crippen LogP contribution in [0, 0.1) is 62.6 Å². The molecule has 0 heterocycles. The van der Waals surface area contributed by atoms with Gasteiger partial charge in [-0.05, 0) is 110 Å². The van der Waals surface area contributed by atoms with Crippen molar-refractivity contribution >= 4 is 17.7 Å². The van der Waals surface area contributed by atoms with Crippen LogP contribution in [0.15, 0.2) is 0 Å². The number of ketones is 1. The van der Waals surface area contributed by atoms with E-state index in [1.54, 1.807) is 0 Å². The van der Waals surface area contributed by atoms with E-state index in [0.29, 0.717) is 41.3 Å². The number of hydrogen-bond donors (Lipinski definition) is 0. The fourth-order valence-electron chi connectivity index (χ4n) is 11.9. The SMILES string of the molecule is CC(=O)OCOC(=O)[C@]12CCC(C(C)C)C1[C@H]1CC[C@@H]3[C@@]4(C)CCC(=O)C(C)(C)C4CC[C@@]3(C)[C@]1(C)CC2. The van der Waals surface area contributed by atoms with E-state index in [9.17, 15) is 14.4 Å². The molecule has 0 spiro atoms. The summed E-state index contributed by atoms with van der Waals surface area (Å²) in [6, 6.07) is 0. The fraction of sp³-hybridized carbons (Fsp3) is 0.909. The first-order valence-corrected chi connectivity index (χ1v) is 15.5. The van der Waals surface area contributed by atoms with Crippen molar-refractivity contribution in [1.82, 2.24) is 0 Å². The lowest BCUT2D eigenvalue weighted by atomic mass is 9.32. The summed E-state index contributed by atoms with van der Waals surface area (Å²) in [6.07, 6.45) is 10.3. The Morgan fingerprint density at radius 1 is 0.842 bits per heavy atom. The van der Waals surface area contributed by atoms with E-state index in [0.717, 1.165) is 44.9 Å². The molecule has 38 heavy (non-hydrogen) atoms. The third-order valence-corrected chi connectivity index (χ3v) is 13.9. The Morgan fingerprint density at radius 3 is 2.21 bits per heavy atom. The second kappa shape index (κ2) is 9.06. The molecule has 5 aliphatic carbocycles. The highest BCUT2D eigenvalue weighted by Crippen LogP contribution is 2.77. The van der Waals surface area contributed by atoms with Gasteiger partial charge in [0.05, 0.1) is 5.41 Å². The van der Waals surface area contributed by atoms with Crippen molar-refractivity contribution in [2.24, 2.45) is 62.6 Å². The van der Waals surface area contributed by atoms with E-state index in [1.807, 2.05) is 0 Å². The van der Waals surface area contributed by atoms with Crippen molar-refractivity contribution in [3.63, 3.8) is 0 Å². The monoisotopic (exact) mass is 528 g/mol. The van der Waals surface area contributed by atoms with Crippen molar-refractivity contribution in [3.8, 4) is 0 Å². The van der Waals surface area contributed by atoms with Crippen LogP contribution in [0.25, 0.3) is 0 Å². The molecule has 0 saturated heterocycles. The van der Waals surface area contributed by atoms with Crippen molar-refractivity contribution < 1.29 is 23.9 Å². The van der Waals surface area contributed by atoms with Crippen molar-refractivity contribution in [3.05, 3.63) is 0 Å². The van der Waals surface area contributed by atoms with Gasteiger partial charge in [-0.2, -0.15) is 0 Å². The summed E-state index contributed by atoms with van der Waals surface area (Å²) in [7, 11) is 0. The van der Waals surface area contributed by atoms with Gasteiger partial charge < -0.3 is 9.47 Å². The largest absolute Gasteiger partial charge is 0.428 e. The Hall–Kier alpha value is -1.39. The summed E-state index contributed by atoms with van der Waals surface area (Å²) >= 11 is 0. The lowest BCUT2D eigenvalue weighted by molar-refractivity contribution is -0.239. The standard InChI is InChI=1S/C33H52O5/c1-20(2)22-11-16-33(28(36)38-19-37-21(3)34)18-17-31(7)23(27(22)33)9-10-25-30(6)14-13-26(35)29(4,5)24(30)12-15-32(25,31)8/h20,22-25,27H,9-19H2,1-8H3/t22?,23-,24?,25-,27?,30+,31-,32-,33+/m1/s1. The zero-order valence-electron chi connectivity index (χ0n) is 25.3. The Kier molecular flexibility index (Phi) is 6.71. The molecule has 5 saturated carbocycles. The molecule has 0 amide bonds. The number of carbonyl (C=O) groups is 3. The van der Waals surface area contributed by atoms with E-state index in [1.165, 1.54) is 26.2 Å². The smallest absolute Gasteiger partial charge is 0.315 e. The van der Waals surface area contributed by atoms with E-state index < -0.39 is 11.4 Å². The maximum absolute atomic E-state index is 13.8. The molecule has 0 N–H and O–H groups in total. The zero-order chi connectivity index (χ0) is 27.9. The molecule has 5 fully saturated rings. The number of hydrogen-bond acceptors (Lipinski definition) is 5. The molecule has 214 valence electrons. The topological polar surface area (TPSA) is 69.7 Å². The van der Waals surface area contributed by atoms with Gasteiger partial charge in [0.1, 0.15) is 5.78 Å². The number of esters is 2. The average molecular weight is 529 g/mol. The summed E-state index contributed by atoms with van der Waals surface area (Å²) in [5.74, 6) is 2.83. The number of fused-ring (bicyclic) bond motifs is 7. The van der Waals surface area contributed by atoms with Crippen LogP contribution >= 0.6 is 0 Å². The number of rotatable bonds is 4. The van der Waals surface area contributed by atoms with Gasteiger partial charge >= 0.3 is 11.9 Å². The molecule has 5 rings (SSSR count). The molecule has 0 aliphatic heterocycles. The summed E-state index contributed by atoms with van der Waals surface area (Å²) in [5, 5.41) is 0. The van der Waals surface area contributed by atoms with Gasteiger partial charge in [0.15, 0.2) is 0 Å². The Balaban J connectivity index is 1.50. The fourth-order valence-corrected chi connectivity index (χ4v) is 11.9. The molecular weight excluding hydrogens is 476 g/mol. The molecule has 5 aliphatic rings. The molecule has 0 aromatic heterocycles. The van der Waals surface area contributed by atoms with Crippen LogP contribution in [-0.2, 0) is 23.9 Å². The van der Waals surface area contributed by atoms with E-state index in [4.69, 9.17) is 9.47 Å². The van der Waals surface area contributed by atoms with Gasteiger partial charge in [0, 0.05) is 18.8 Å². The van der Waals surface area contributed by atoms with Crippen molar-refractivity contribution in [1.29, 1.82) is 0 Å². The molecule has 5 nitrogen and oxygen atoms in total. The number of ether oxygens (including phenoxy) is 2. The summed E-state index contributed by atoms with van der Waals surface area (Å²) in [6.45, 7) is 17.9. The minimum atomic E-state index is -0.456. The Bertz CT molecular complexity index is 999. The molecule has 9 atom stereocenters. The van der Waals surface area contributed by atoms with Crippen LogP contribution in [0.4, 0.5) is 0 Å². The highest BCUT2D eigenvalue weighted by atomic mass is 16.7. The molecule has 0 bridgehead atoms. The van der Waals surface area contributed by atoms with Crippen LogP contribution in [0.5, 0.6) is 0 Å². The minimum absolute atomic E-state index is 0.135. The highest BCUT2D eigenvalue weighted by Gasteiger charge is 2.72. The Morgan fingerprint density at radius 2 is 1.55 bits per heavy atom. The van der Waals surface area contributed by atoms with Crippen LogP contribution in [0.2, 0.25) is 0 Å². The van der Waals surface area contributed by atoms with Gasteiger partial charge in [0.2, 0.25) is 6.79 Å². The van der Waals surface area contributed by atoms with Gasteiger partial charge in [-0.3, -0.25) is 14.4 Å². The first kappa shape index (κ1) is 28.1. The van der Waals surface area contributed by atoms with E-state index in [2.05, 4.69) is 48.5 Å². The maximum atomic E-state index is 13.8. The quantitative estimate of drug-likeness (QED) is 0.282. The summed E-state index contributed by atoms with van der Waals surface area (Å²) in [4.78, 5) is 38.1. The van der Waals surface area contributed by atoms with E-state index >= 15 is 0 Å². The zero-order valence-corrected chi connectivity index (χ0v) is 25.3. The lowest BCUT2D eigenvalue weighted by Gasteiger charge is -2.72. The molecule has 5 heteroatoms. The van der Waals surface area contributed by atoms with Crippen LogP contribution in [-0.4, -0.2) is 24.5 Å². The van der Waals surface area contributed by atoms with Gasteiger partial charge in [-0.25, -0.2) is 0 Å². The highest BCUT2D eigenvalue weighted by molar-refractivity contribution is 5.85.